The lowest BCUT2D eigenvalue weighted by Gasteiger charge is -2.10. The van der Waals surface area contributed by atoms with E-state index >= 15 is 0 Å². The Hall–Kier alpha value is -1.38. The molecule has 0 heterocycles. The summed E-state index contributed by atoms with van der Waals surface area (Å²) in [5.74, 6) is 1.09. The van der Waals surface area contributed by atoms with E-state index in [-0.39, 0.29) is 11.7 Å². The zero-order valence-corrected chi connectivity index (χ0v) is 10.1. The van der Waals surface area contributed by atoms with E-state index in [2.05, 4.69) is 12.2 Å². The molecule has 1 amide bonds. The van der Waals surface area contributed by atoms with Crippen LogP contribution in [0.3, 0.4) is 0 Å². The Labute approximate surface area is 101 Å². The van der Waals surface area contributed by atoms with E-state index in [1.807, 2.05) is 0 Å². The molecule has 1 atom stereocenters. The second kappa shape index (κ2) is 5.30. The summed E-state index contributed by atoms with van der Waals surface area (Å²) in [5, 5.41) is 2.87. The van der Waals surface area contributed by atoms with Crippen LogP contribution in [0.15, 0.2) is 24.3 Å². The van der Waals surface area contributed by atoms with Gasteiger partial charge in [0.25, 0.3) is 0 Å². The third-order valence-electron chi connectivity index (χ3n) is 3.34. The van der Waals surface area contributed by atoms with Gasteiger partial charge in [0.1, 0.15) is 5.82 Å². The Bertz CT molecular complexity index is 384. The Morgan fingerprint density at radius 3 is 2.65 bits per heavy atom. The fourth-order valence-electron chi connectivity index (χ4n) is 2.00. The second-order valence-corrected chi connectivity index (χ2v) is 4.92. The van der Waals surface area contributed by atoms with Crippen molar-refractivity contribution in [1.29, 1.82) is 0 Å². The normalized spacial score (nSPS) is 16.6. The van der Waals surface area contributed by atoms with Gasteiger partial charge in [-0.25, -0.2) is 4.39 Å². The minimum Gasteiger partial charge on any atom is -0.352 e. The molecule has 0 bridgehead atoms. The topological polar surface area (TPSA) is 29.1 Å². The van der Waals surface area contributed by atoms with Gasteiger partial charge in [-0.1, -0.05) is 19.1 Å². The minimum absolute atomic E-state index is 0.0914. The zero-order chi connectivity index (χ0) is 12.3. The predicted molar refractivity (Wildman–Crippen MR) is 64.8 cm³/mol. The highest BCUT2D eigenvalue weighted by Gasteiger charge is 2.28. The van der Waals surface area contributed by atoms with Crippen LogP contribution in [0.1, 0.15) is 31.7 Å². The molecule has 1 fully saturated rings. The number of hydrogen-bond donors (Lipinski definition) is 1. The van der Waals surface area contributed by atoms with Crippen molar-refractivity contribution in [3.8, 4) is 0 Å². The molecule has 1 aliphatic rings. The number of halogens is 1. The van der Waals surface area contributed by atoms with E-state index in [0.29, 0.717) is 18.9 Å². The molecule has 0 aromatic heterocycles. The molecule has 0 aliphatic heterocycles. The number of hydrogen-bond acceptors (Lipinski definition) is 1. The van der Waals surface area contributed by atoms with E-state index in [1.165, 1.54) is 25.0 Å². The van der Waals surface area contributed by atoms with Crippen LogP contribution in [0.25, 0.3) is 0 Å². The van der Waals surface area contributed by atoms with Crippen molar-refractivity contribution in [3.05, 3.63) is 35.6 Å². The maximum absolute atomic E-state index is 12.7. The van der Waals surface area contributed by atoms with Gasteiger partial charge in [-0.3, -0.25) is 4.79 Å². The summed E-state index contributed by atoms with van der Waals surface area (Å²) >= 11 is 0. The summed E-state index contributed by atoms with van der Waals surface area (Å²) in [7, 11) is 0. The van der Waals surface area contributed by atoms with E-state index in [4.69, 9.17) is 0 Å². The largest absolute Gasteiger partial charge is 0.352 e. The maximum atomic E-state index is 12.7. The molecule has 0 saturated heterocycles. The van der Waals surface area contributed by atoms with Gasteiger partial charge in [-0.15, -0.1) is 0 Å². The molecular formula is C14H18FNO. The Morgan fingerprint density at radius 1 is 1.41 bits per heavy atom. The van der Waals surface area contributed by atoms with Gasteiger partial charge in [-0.05, 0) is 42.4 Å². The van der Waals surface area contributed by atoms with Crippen molar-refractivity contribution in [3.63, 3.8) is 0 Å². The van der Waals surface area contributed by atoms with Gasteiger partial charge in [0, 0.05) is 13.0 Å². The van der Waals surface area contributed by atoms with Crippen molar-refractivity contribution >= 4 is 5.91 Å². The number of amides is 1. The first-order valence-electron chi connectivity index (χ1n) is 6.16. The molecule has 1 N–H and O–H groups in total. The van der Waals surface area contributed by atoms with Gasteiger partial charge in [-0.2, -0.15) is 0 Å². The fourth-order valence-corrected chi connectivity index (χ4v) is 2.00. The summed E-state index contributed by atoms with van der Waals surface area (Å²) in [6, 6.07) is 6.21. The molecule has 92 valence electrons. The first kappa shape index (κ1) is 12.1. The van der Waals surface area contributed by atoms with Crippen LogP contribution in [0.5, 0.6) is 0 Å². The molecule has 0 radical (unpaired) electrons. The average Bonchev–Trinajstić information content (AvgIpc) is 3.12. The standard InChI is InChI=1S/C14H18FNO/c1-10(12-4-5-12)8-14(17)16-9-11-2-6-13(15)7-3-11/h2-3,6-7,10,12H,4-5,8-9H2,1H3,(H,16,17)/t10-/m1/s1. The second-order valence-electron chi connectivity index (χ2n) is 4.92. The number of rotatable bonds is 5. The molecule has 1 saturated carbocycles. The lowest BCUT2D eigenvalue weighted by Crippen LogP contribution is -2.24. The van der Waals surface area contributed by atoms with Crippen LogP contribution < -0.4 is 5.32 Å². The summed E-state index contributed by atoms with van der Waals surface area (Å²) in [5.41, 5.74) is 0.929. The Morgan fingerprint density at radius 2 is 2.06 bits per heavy atom. The highest BCUT2D eigenvalue weighted by atomic mass is 19.1. The molecule has 1 aliphatic carbocycles. The van der Waals surface area contributed by atoms with E-state index in [1.54, 1.807) is 12.1 Å². The first-order valence-corrected chi connectivity index (χ1v) is 6.16. The zero-order valence-electron chi connectivity index (χ0n) is 10.1. The molecule has 2 rings (SSSR count). The monoisotopic (exact) mass is 235 g/mol. The highest BCUT2D eigenvalue weighted by Crippen LogP contribution is 2.37. The Kier molecular flexibility index (Phi) is 3.77. The number of benzene rings is 1. The maximum Gasteiger partial charge on any atom is 0.220 e. The van der Waals surface area contributed by atoms with Crippen molar-refractivity contribution in [2.24, 2.45) is 11.8 Å². The molecule has 3 heteroatoms. The summed E-state index contributed by atoms with van der Waals surface area (Å²) in [6.07, 6.45) is 3.14. The van der Waals surface area contributed by atoms with Gasteiger partial charge in [0.2, 0.25) is 5.91 Å². The molecule has 1 aromatic carbocycles. The van der Waals surface area contributed by atoms with Crippen molar-refractivity contribution in [2.45, 2.75) is 32.7 Å². The van der Waals surface area contributed by atoms with Crippen LogP contribution in [0.4, 0.5) is 4.39 Å². The fraction of sp³-hybridized carbons (Fsp3) is 0.500. The smallest absolute Gasteiger partial charge is 0.220 e. The van der Waals surface area contributed by atoms with Crippen molar-refractivity contribution in [1.82, 2.24) is 5.32 Å². The third-order valence-corrected chi connectivity index (χ3v) is 3.34. The lowest BCUT2D eigenvalue weighted by molar-refractivity contribution is -0.122. The molecule has 0 unspecified atom stereocenters. The van der Waals surface area contributed by atoms with Crippen LogP contribution in [-0.2, 0) is 11.3 Å². The van der Waals surface area contributed by atoms with Crippen LogP contribution in [0, 0.1) is 17.7 Å². The van der Waals surface area contributed by atoms with Gasteiger partial charge >= 0.3 is 0 Å². The van der Waals surface area contributed by atoms with Crippen molar-refractivity contribution < 1.29 is 9.18 Å². The molecular weight excluding hydrogens is 217 g/mol. The van der Waals surface area contributed by atoms with Crippen LogP contribution >= 0.6 is 0 Å². The molecule has 1 aromatic rings. The number of nitrogens with one attached hydrogen (secondary N) is 1. The number of carbonyl (C=O) groups excluding carboxylic acids is 1. The van der Waals surface area contributed by atoms with E-state index < -0.39 is 0 Å². The Balaban J connectivity index is 1.73. The van der Waals surface area contributed by atoms with Crippen LogP contribution in [0.2, 0.25) is 0 Å². The van der Waals surface area contributed by atoms with Gasteiger partial charge < -0.3 is 5.32 Å². The minimum atomic E-state index is -0.248. The summed E-state index contributed by atoms with van der Waals surface area (Å²) < 4.78 is 12.7. The number of carbonyl (C=O) groups is 1. The molecule has 2 nitrogen and oxygen atoms in total. The predicted octanol–water partition coefficient (Wildman–Crippen LogP) is 2.88. The van der Waals surface area contributed by atoms with Gasteiger partial charge in [0.15, 0.2) is 0 Å². The summed E-state index contributed by atoms with van der Waals surface area (Å²) in [4.78, 5) is 11.6. The third kappa shape index (κ3) is 3.84. The van der Waals surface area contributed by atoms with Crippen LogP contribution in [-0.4, -0.2) is 5.91 Å². The molecule has 17 heavy (non-hydrogen) atoms. The lowest BCUT2D eigenvalue weighted by atomic mass is 10.0. The summed E-state index contributed by atoms with van der Waals surface area (Å²) in [6.45, 7) is 2.62. The molecule has 0 spiro atoms. The van der Waals surface area contributed by atoms with E-state index in [9.17, 15) is 9.18 Å². The SMILES string of the molecule is C[C@H](CC(=O)NCc1ccc(F)cc1)C1CC1. The first-order chi connectivity index (χ1) is 8.15. The van der Waals surface area contributed by atoms with Gasteiger partial charge in [0.05, 0.1) is 0 Å². The highest BCUT2D eigenvalue weighted by molar-refractivity contribution is 5.76. The van der Waals surface area contributed by atoms with E-state index in [0.717, 1.165) is 11.5 Å². The average molecular weight is 235 g/mol. The quantitative estimate of drug-likeness (QED) is 0.835. The van der Waals surface area contributed by atoms with Crippen molar-refractivity contribution in [2.75, 3.05) is 0 Å².